The van der Waals surface area contributed by atoms with Crippen LogP contribution in [0.4, 0.5) is 13.2 Å². The minimum absolute atomic E-state index is 0.301. The highest BCUT2D eigenvalue weighted by Gasteiger charge is 2.27. The molecule has 1 aromatic rings. The molecular formula is C14H19F3O2. The molecule has 0 saturated heterocycles. The van der Waals surface area contributed by atoms with E-state index in [9.17, 15) is 18.3 Å². The summed E-state index contributed by atoms with van der Waals surface area (Å²) in [6.45, 7) is 4.20. The van der Waals surface area contributed by atoms with Gasteiger partial charge in [-0.15, -0.1) is 0 Å². The van der Waals surface area contributed by atoms with Gasteiger partial charge in [0.25, 0.3) is 0 Å². The van der Waals surface area contributed by atoms with Crippen LogP contribution in [0.1, 0.15) is 22.3 Å². The van der Waals surface area contributed by atoms with Gasteiger partial charge in [0.05, 0.1) is 12.7 Å². The fraction of sp³-hybridized carbons (Fsp3) is 0.571. The normalized spacial score (nSPS) is 13.6. The van der Waals surface area contributed by atoms with Crippen molar-refractivity contribution in [3.05, 3.63) is 34.4 Å². The van der Waals surface area contributed by atoms with E-state index < -0.39 is 18.9 Å². The quantitative estimate of drug-likeness (QED) is 0.895. The number of halogens is 3. The molecule has 0 spiro atoms. The molecule has 5 heteroatoms. The van der Waals surface area contributed by atoms with E-state index in [0.717, 1.165) is 22.3 Å². The Morgan fingerprint density at radius 3 is 2.16 bits per heavy atom. The van der Waals surface area contributed by atoms with Crippen LogP contribution in [0.2, 0.25) is 0 Å². The molecule has 0 aliphatic carbocycles. The molecule has 0 bridgehead atoms. The predicted octanol–water partition coefficient (Wildman–Crippen LogP) is 3.09. The van der Waals surface area contributed by atoms with Crippen LogP contribution in [0.3, 0.4) is 0 Å². The minimum Gasteiger partial charge on any atom is -0.390 e. The molecule has 108 valence electrons. The molecule has 0 fully saturated rings. The summed E-state index contributed by atoms with van der Waals surface area (Å²) in [7, 11) is 0. The Kier molecular flexibility index (Phi) is 5.38. The molecule has 0 aromatic heterocycles. The van der Waals surface area contributed by atoms with E-state index in [1.54, 1.807) is 0 Å². The summed E-state index contributed by atoms with van der Waals surface area (Å²) < 4.78 is 40.2. The van der Waals surface area contributed by atoms with Crippen LogP contribution in [0.25, 0.3) is 0 Å². The van der Waals surface area contributed by atoms with Crippen LogP contribution in [-0.2, 0) is 11.2 Å². The lowest BCUT2D eigenvalue weighted by atomic mass is 9.95. The van der Waals surface area contributed by atoms with Gasteiger partial charge in [-0.05, 0) is 37.5 Å². The molecule has 0 aliphatic rings. The first-order valence-electron chi connectivity index (χ1n) is 6.08. The average molecular weight is 276 g/mol. The highest BCUT2D eigenvalue weighted by Crippen LogP contribution is 2.19. The first kappa shape index (κ1) is 16.0. The second-order valence-corrected chi connectivity index (χ2v) is 4.87. The van der Waals surface area contributed by atoms with Gasteiger partial charge in [0.15, 0.2) is 0 Å². The highest BCUT2D eigenvalue weighted by atomic mass is 19.4. The van der Waals surface area contributed by atoms with Crippen LogP contribution >= 0.6 is 0 Å². The van der Waals surface area contributed by atoms with Gasteiger partial charge < -0.3 is 9.84 Å². The van der Waals surface area contributed by atoms with Crippen molar-refractivity contribution in [1.29, 1.82) is 0 Å². The summed E-state index contributed by atoms with van der Waals surface area (Å²) in [5, 5.41) is 9.73. The molecule has 0 aliphatic heterocycles. The number of hydrogen-bond acceptors (Lipinski definition) is 2. The van der Waals surface area contributed by atoms with Crippen molar-refractivity contribution in [1.82, 2.24) is 0 Å². The van der Waals surface area contributed by atoms with E-state index >= 15 is 0 Å². The molecule has 0 heterocycles. The standard InChI is InChI=1S/C14H19F3O2/c1-9-4-10(2)13(11(3)5-9)6-12(18)7-19-8-14(15,16)17/h4-5,12,18H,6-8H2,1-3H3. The Morgan fingerprint density at radius 2 is 1.68 bits per heavy atom. The third-order valence-corrected chi connectivity index (χ3v) is 2.86. The molecule has 0 amide bonds. The monoisotopic (exact) mass is 276 g/mol. The van der Waals surface area contributed by atoms with Crippen molar-refractivity contribution in [3.63, 3.8) is 0 Å². The Morgan fingerprint density at radius 1 is 1.16 bits per heavy atom. The fourth-order valence-corrected chi connectivity index (χ4v) is 2.14. The fourth-order valence-electron chi connectivity index (χ4n) is 2.14. The van der Waals surface area contributed by atoms with Crippen molar-refractivity contribution in [2.24, 2.45) is 0 Å². The topological polar surface area (TPSA) is 29.5 Å². The largest absolute Gasteiger partial charge is 0.411 e. The van der Waals surface area contributed by atoms with E-state index in [4.69, 9.17) is 0 Å². The summed E-state index contributed by atoms with van der Waals surface area (Å²) in [6.07, 6.45) is -4.98. The summed E-state index contributed by atoms with van der Waals surface area (Å²) in [5.41, 5.74) is 4.16. The predicted molar refractivity (Wildman–Crippen MR) is 67.2 cm³/mol. The lowest BCUT2D eigenvalue weighted by Gasteiger charge is -2.16. The number of benzene rings is 1. The van der Waals surface area contributed by atoms with Gasteiger partial charge in [-0.3, -0.25) is 0 Å². The van der Waals surface area contributed by atoms with Crippen LogP contribution in [0, 0.1) is 20.8 Å². The van der Waals surface area contributed by atoms with E-state index in [-0.39, 0.29) is 6.61 Å². The molecular weight excluding hydrogens is 257 g/mol. The summed E-state index contributed by atoms with van der Waals surface area (Å²) in [4.78, 5) is 0. The van der Waals surface area contributed by atoms with Gasteiger partial charge in [0.2, 0.25) is 0 Å². The number of aryl methyl sites for hydroxylation is 3. The van der Waals surface area contributed by atoms with Crippen molar-refractivity contribution in [2.75, 3.05) is 13.2 Å². The van der Waals surface area contributed by atoms with Gasteiger partial charge in [-0.2, -0.15) is 13.2 Å². The maximum atomic E-state index is 11.9. The Hall–Kier alpha value is -1.07. The first-order chi connectivity index (χ1) is 8.69. The van der Waals surface area contributed by atoms with Crippen LogP contribution < -0.4 is 0 Å². The maximum Gasteiger partial charge on any atom is 0.411 e. The van der Waals surface area contributed by atoms with Crippen LogP contribution in [0.5, 0.6) is 0 Å². The summed E-state index contributed by atoms with van der Waals surface area (Å²) >= 11 is 0. The molecule has 1 aromatic carbocycles. The lowest BCUT2D eigenvalue weighted by Crippen LogP contribution is -2.24. The molecule has 1 rings (SSSR count). The van der Waals surface area contributed by atoms with E-state index in [2.05, 4.69) is 4.74 Å². The second kappa shape index (κ2) is 6.39. The number of aliphatic hydroxyl groups excluding tert-OH is 1. The second-order valence-electron chi connectivity index (χ2n) is 4.87. The molecule has 19 heavy (non-hydrogen) atoms. The SMILES string of the molecule is Cc1cc(C)c(CC(O)COCC(F)(F)F)c(C)c1. The third kappa shape index (κ3) is 5.61. The maximum absolute atomic E-state index is 11.9. The molecule has 0 saturated carbocycles. The number of rotatable bonds is 5. The summed E-state index contributed by atoms with van der Waals surface area (Å²) in [5.74, 6) is 0. The lowest BCUT2D eigenvalue weighted by molar-refractivity contribution is -0.179. The van der Waals surface area contributed by atoms with Gasteiger partial charge in [0.1, 0.15) is 6.61 Å². The number of ether oxygens (including phenoxy) is 1. The molecule has 1 N–H and O–H groups in total. The minimum atomic E-state index is -4.35. The van der Waals surface area contributed by atoms with Gasteiger partial charge in [0, 0.05) is 6.42 Å². The molecule has 2 nitrogen and oxygen atoms in total. The first-order valence-corrected chi connectivity index (χ1v) is 6.08. The van der Waals surface area contributed by atoms with Crippen molar-refractivity contribution < 1.29 is 23.0 Å². The van der Waals surface area contributed by atoms with Gasteiger partial charge >= 0.3 is 6.18 Å². The molecule has 1 atom stereocenters. The zero-order valence-corrected chi connectivity index (χ0v) is 11.3. The Labute approximate surface area is 111 Å². The third-order valence-electron chi connectivity index (χ3n) is 2.86. The molecule has 1 unspecified atom stereocenters. The highest BCUT2D eigenvalue weighted by molar-refractivity contribution is 5.37. The molecule has 0 radical (unpaired) electrons. The zero-order valence-electron chi connectivity index (χ0n) is 11.3. The van der Waals surface area contributed by atoms with Crippen molar-refractivity contribution in [3.8, 4) is 0 Å². The van der Waals surface area contributed by atoms with Crippen molar-refractivity contribution >= 4 is 0 Å². The van der Waals surface area contributed by atoms with E-state index in [0.29, 0.717) is 6.42 Å². The smallest absolute Gasteiger partial charge is 0.390 e. The van der Waals surface area contributed by atoms with Crippen LogP contribution in [-0.4, -0.2) is 30.6 Å². The number of aliphatic hydroxyl groups is 1. The zero-order chi connectivity index (χ0) is 14.6. The number of hydrogen-bond donors (Lipinski definition) is 1. The van der Waals surface area contributed by atoms with E-state index in [1.807, 2.05) is 32.9 Å². The van der Waals surface area contributed by atoms with E-state index in [1.165, 1.54) is 0 Å². The van der Waals surface area contributed by atoms with Crippen molar-refractivity contribution in [2.45, 2.75) is 39.5 Å². The Balaban J connectivity index is 2.55. The van der Waals surface area contributed by atoms with Gasteiger partial charge in [-0.1, -0.05) is 17.7 Å². The number of alkyl halides is 3. The summed E-state index contributed by atoms with van der Waals surface area (Å²) in [6, 6.07) is 3.98. The van der Waals surface area contributed by atoms with Gasteiger partial charge in [-0.25, -0.2) is 0 Å². The Bertz CT molecular complexity index is 404. The van der Waals surface area contributed by atoms with Crippen LogP contribution in [0.15, 0.2) is 12.1 Å². The average Bonchev–Trinajstić information content (AvgIpc) is 2.21.